The first kappa shape index (κ1) is 19.1. The van der Waals surface area contributed by atoms with Gasteiger partial charge < -0.3 is 5.73 Å². The minimum Gasteiger partial charge on any atom is -0.387 e. The van der Waals surface area contributed by atoms with Crippen LogP contribution in [0.4, 0.5) is 0 Å². The molecule has 0 aromatic carbocycles. The highest BCUT2D eigenvalue weighted by atomic mass is 16.2. The molecular weight excluding hydrogens is 250 g/mol. The molecule has 0 bridgehead atoms. The molecule has 0 heterocycles. The topological polar surface area (TPSA) is 58.7 Å². The van der Waals surface area contributed by atoms with E-state index in [9.17, 15) is 4.79 Å². The number of carbonyl (C=O) groups excluding carboxylic acids is 1. The number of nitrogens with zero attached hydrogens (tertiary/aromatic N) is 2. The summed E-state index contributed by atoms with van der Waals surface area (Å²) in [6.45, 7) is 5.22. The first-order valence-electron chi connectivity index (χ1n) is 7.81. The third kappa shape index (κ3) is 8.31. The first-order chi connectivity index (χ1) is 9.28. The molecule has 0 unspecified atom stereocenters. The Bertz CT molecular complexity index is 281. The highest BCUT2D eigenvalue weighted by Crippen LogP contribution is 2.15. The van der Waals surface area contributed by atoms with Gasteiger partial charge in [0.15, 0.2) is 0 Å². The van der Waals surface area contributed by atoms with Crippen LogP contribution in [0.25, 0.3) is 0 Å². The van der Waals surface area contributed by atoms with Crippen molar-refractivity contribution in [3.8, 4) is 0 Å². The van der Waals surface area contributed by atoms with E-state index in [1.807, 2.05) is 32.8 Å². The number of aliphatic imine (C=N–C) groups is 1. The lowest BCUT2D eigenvalue weighted by Crippen LogP contribution is -2.45. The third-order valence-corrected chi connectivity index (χ3v) is 3.92. The van der Waals surface area contributed by atoms with Crippen molar-refractivity contribution in [2.24, 2.45) is 10.7 Å². The fourth-order valence-corrected chi connectivity index (χ4v) is 1.90. The van der Waals surface area contributed by atoms with E-state index >= 15 is 0 Å². The van der Waals surface area contributed by atoms with Gasteiger partial charge in [-0.3, -0.25) is 9.69 Å². The van der Waals surface area contributed by atoms with E-state index in [0.717, 1.165) is 0 Å². The molecule has 1 rings (SSSR count). The maximum atomic E-state index is 11.4. The van der Waals surface area contributed by atoms with Gasteiger partial charge in [0.25, 0.3) is 5.91 Å². The number of rotatable bonds is 2. The summed E-state index contributed by atoms with van der Waals surface area (Å²) >= 11 is 0. The van der Waals surface area contributed by atoms with E-state index in [0.29, 0.717) is 5.84 Å². The lowest BCUT2D eigenvalue weighted by atomic mass is 10.0. The fourth-order valence-electron chi connectivity index (χ4n) is 1.90. The van der Waals surface area contributed by atoms with Crippen LogP contribution in [0.3, 0.4) is 0 Å². The van der Waals surface area contributed by atoms with Gasteiger partial charge in [-0.05, 0) is 34.9 Å². The number of carbonyl (C=O) groups is 1. The number of likely N-dealkylation sites (N-methyl/N-ethyl adjacent to an activating group) is 1. The molecule has 0 saturated heterocycles. The van der Waals surface area contributed by atoms with Gasteiger partial charge in [-0.2, -0.15) is 4.99 Å². The van der Waals surface area contributed by atoms with Gasteiger partial charge in [0, 0.05) is 0 Å². The average molecular weight is 283 g/mol. The van der Waals surface area contributed by atoms with E-state index in [-0.39, 0.29) is 5.91 Å². The van der Waals surface area contributed by atoms with Crippen molar-refractivity contribution in [2.75, 3.05) is 14.1 Å². The monoisotopic (exact) mass is 283 g/mol. The average Bonchev–Trinajstić information content (AvgIpc) is 2.27. The molecule has 0 aromatic rings. The molecule has 20 heavy (non-hydrogen) atoms. The van der Waals surface area contributed by atoms with Crippen molar-refractivity contribution < 1.29 is 4.79 Å². The van der Waals surface area contributed by atoms with E-state index in [4.69, 9.17) is 5.73 Å². The fraction of sp³-hybridized carbons (Fsp3) is 0.875. The molecule has 1 amide bonds. The zero-order valence-corrected chi connectivity index (χ0v) is 14.0. The van der Waals surface area contributed by atoms with Crippen molar-refractivity contribution in [2.45, 2.75) is 77.7 Å². The highest BCUT2D eigenvalue weighted by molar-refractivity contribution is 5.96. The lowest BCUT2D eigenvalue weighted by Gasteiger charge is -2.28. The molecule has 0 aliphatic heterocycles. The number of hydrogen-bond donors (Lipinski definition) is 1. The van der Waals surface area contributed by atoms with Gasteiger partial charge in [-0.15, -0.1) is 0 Å². The maximum Gasteiger partial charge on any atom is 0.267 e. The Morgan fingerprint density at radius 1 is 0.950 bits per heavy atom. The van der Waals surface area contributed by atoms with Crippen LogP contribution in [0.2, 0.25) is 0 Å². The largest absolute Gasteiger partial charge is 0.387 e. The molecule has 0 atom stereocenters. The van der Waals surface area contributed by atoms with Crippen molar-refractivity contribution in [1.29, 1.82) is 0 Å². The number of amidine groups is 1. The summed E-state index contributed by atoms with van der Waals surface area (Å²) in [6, 6.07) is 0. The van der Waals surface area contributed by atoms with E-state index in [1.165, 1.54) is 51.4 Å². The molecule has 1 saturated carbocycles. The zero-order chi connectivity index (χ0) is 15.6. The van der Waals surface area contributed by atoms with E-state index < -0.39 is 5.54 Å². The molecule has 0 radical (unpaired) electrons. The lowest BCUT2D eigenvalue weighted by molar-refractivity contribution is -0.126. The van der Waals surface area contributed by atoms with E-state index in [1.54, 1.807) is 6.92 Å². The second kappa shape index (κ2) is 9.92. The Morgan fingerprint density at radius 3 is 1.45 bits per heavy atom. The van der Waals surface area contributed by atoms with Crippen LogP contribution in [0.5, 0.6) is 0 Å². The van der Waals surface area contributed by atoms with Crippen molar-refractivity contribution in [3.05, 3.63) is 0 Å². The predicted octanol–water partition coefficient (Wildman–Crippen LogP) is 3.35. The SMILES string of the molecule is C1CCCCCCC1.CC(N)=NC(=O)C(C)(C)N(C)C. The summed E-state index contributed by atoms with van der Waals surface area (Å²) in [7, 11) is 3.67. The summed E-state index contributed by atoms with van der Waals surface area (Å²) in [5, 5.41) is 0. The maximum absolute atomic E-state index is 11.4. The van der Waals surface area contributed by atoms with Gasteiger partial charge in [0.1, 0.15) is 0 Å². The minimum atomic E-state index is -0.583. The number of nitrogens with two attached hydrogens (primary N) is 1. The normalized spacial score (nSPS) is 17.8. The van der Waals surface area contributed by atoms with Crippen molar-refractivity contribution >= 4 is 11.7 Å². The third-order valence-electron chi connectivity index (χ3n) is 3.92. The molecule has 1 aliphatic rings. The van der Waals surface area contributed by atoms with Crippen LogP contribution in [-0.4, -0.2) is 36.3 Å². The van der Waals surface area contributed by atoms with Crippen LogP contribution >= 0.6 is 0 Å². The molecule has 4 nitrogen and oxygen atoms in total. The quantitative estimate of drug-likeness (QED) is 0.624. The molecule has 2 N–H and O–H groups in total. The molecule has 1 aliphatic carbocycles. The predicted molar refractivity (Wildman–Crippen MR) is 87.0 cm³/mol. The summed E-state index contributed by atoms with van der Waals surface area (Å²) in [5.41, 5.74) is 4.72. The summed E-state index contributed by atoms with van der Waals surface area (Å²) in [5.74, 6) is 0.0856. The summed E-state index contributed by atoms with van der Waals surface area (Å²) in [4.78, 5) is 16.9. The Hall–Kier alpha value is -0.900. The van der Waals surface area contributed by atoms with Crippen LogP contribution in [0.15, 0.2) is 4.99 Å². The van der Waals surface area contributed by atoms with Gasteiger partial charge in [-0.1, -0.05) is 51.4 Å². The Kier molecular flexibility index (Phi) is 9.47. The number of amides is 1. The smallest absolute Gasteiger partial charge is 0.267 e. The summed E-state index contributed by atoms with van der Waals surface area (Å²) < 4.78 is 0. The van der Waals surface area contributed by atoms with Crippen LogP contribution < -0.4 is 5.73 Å². The highest BCUT2D eigenvalue weighted by Gasteiger charge is 2.29. The standard InChI is InChI=1S/C8H17N3O.C8H16/c1-6(9)10-7(12)8(2,3)11(4)5;1-2-4-6-8-7-5-3-1/h1-5H3,(H2,9,10,12);1-8H2. The molecule has 118 valence electrons. The molecule has 0 spiro atoms. The van der Waals surface area contributed by atoms with Gasteiger partial charge in [-0.25, -0.2) is 0 Å². The van der Waals surface area contributed by atoms with Crippen LogP contribution in [-0.2, 0) is 4.79 Å². The Balaban J connectivity index is 0.000000388. The molecular formula is C16H33N3O. The van der Waals surface area contributed by atoms with Gasteiger partial charge in [0.05, 0.1) is 11.4 Å². The molecule has 4 heteroatoms. The number of hydrogen-bond acceptors (Lipinski definition) is 2. The Labute approximate surface area is 124 Å². The zero-order valence-electron chi connectivity index (χ0n) is 14.0. The van der Waals surface area contributed by atoms with Gasteiger partial charge >= 0.3 is 0 Å². The molecule has 1 fully saturated rings. The Morgan fingerprint density at radius 2 is 1.25 bits per heavy atom. The second-order valence-electron chi connectivity index (χ2n) is 6.34. The van der Waals surface area contributed by atoms with Gasteiger partial charge in [0.2, 0.25) is 0 Å². The van der Waals surface area contributed by atoms with Crippen molar-refractivity contribution in [3.63, 3.8) is 0 Å². The minimum absolute atomic E-state index is 0.215. The van der Waals surface area contributed by atoms with E-state index in [2.05, 4.69) is 4.99 Å². The van der Waals surface area contributed by atoms with Crippen molar-refractivity contribution in [1.82, 2.24) is 4.90 Å². The first-order valence-corrected chi connectivity index (χ1v) is 7.81. The van der Waals surface area contributed by atoms with Crippen LogP contribution in [0.1, 0.15) is 72.1 Å². The summed E-state index contributed by atoms with van der Waals surface area (Å²) in [6.07, 6.45) is 12.0. The second-order valence-corrected chi connectivity index (χ2v) is 6.34. The van der Waals surface area contributed by atoms with Crippen LogP contribution in [0, 0.1) is 0 Å². The molecule has 0 aromatic heterocycles.